The average Bonchev–Trinajstić information content (AvgIpc) is 2.69. The van der Waals surface area contributed by atoms with Gasteiger partial charge in [0.2, 0.25) is 0 Å². The largest absolute Gasteiger partial charge is 0.504 e. The van der Waals surface area contributed by atoms with E-state index in [-0.39, 0.29) is 29.0 Å². The Hall–Kier alpha value is -1.71. The molecule has 2 rings (SSSR count). The fourth-order valence-corrected chi connectivity index (χ4v) is 2.50. The molecule has 0 aromatic heterocycles. The zero-order chi connectivity index (χ0) is 14.0. The molecule has 4 heteroatoms. The molecule has 19 heavy (non-hydrogen) atoms. The number of aromatic hydroxyl groups is 1. The summed E-state index contributed by atoms with van der Waals surface area (Å²) in [5.41, 5.74) is 0.650. The van der Waals surface area contributed by atoms with Gasteiger partial charge in [0.25, 0.3) is 0 Å². The Balaban J connectivity index is 2.04. The van der Waals surface area contributed by atoms with Gasteiger partial charge in [0.15, 0.2) is 11.5 Å². The highest BCUT2D eigenvalue weighted by Gasteiger charge is 2.33. The molecule has 0 heterocycles. The van der Waals surface area contributed by atoms with Crippen LogP contribution in [0.1, 0.15) is 43.5 Å². The molecule has 0 amide bonds. The highest BCUT2D eigenvalue weighted by Crippen LogP contribution is 2.38. The Bertz CT molecular complexity index is 479. The second kappa shape index (κ2) is 5.11. The highest BCUT2D eigenvalue weighted by molar-refractivity contribution is 5.90. The number of hydrogen-bond acceptors (Lipinski definition) is 4. The standard InChI is InChI=1S/C15H20O4/c1-15(2)7-6-11(9-15)19-14(17)10-4-5-12(16)13(8-10)18-3/h4-5,8,11,16H,6-7,9H2,1-3H3. The zero-order valence-corrected chi connectivity index (χ0v) is 11.6. The molecule has 0 saturated heterocycles. The van der Waals surface area contributed by atoms with Gasteiger partial charge in [0, 0.05) is 0 Å². The first-order valence-electron chi connectivity index (χ1n) is 6.49. The van der Waals surface area contributed by atoms with Crippen molar-refractivity contribution in [2.45, 2.75) is 39.2 Å². The molecule has 1 aromatic rings. The lowest BCUT2D eigenvalue weighted by Crippen LogP contribution is -2.17. The van der Waals surface area contributed by atoms with Crippen LogP contribution in [0.2, 0.25) is 0 Å². The Labute approximate surface area is 113 Å². The van der Waals surface area contributed by atoms with Crippen LogP contribution in [0.3, 0.4) is 0 Å². The van der Waals surface area contributed by atoms with E-state index in [0.29, 0.717) is 5.56 Å². The SMILES string of the molecule is COc1cc(C(=O)OC2CCC(C)(C)C2)ccc1O. The van der Waals surface area contributed by atoms with Crippen LogP contribution in [0.5, 0.6) is 11.5 Å². The van der Waals surface area contributed by atoms with Crippen molar-refractivity contribution in [2.24, 2.45) is 5.41 Å². The molecule has 1 aliphatic carbocycles. The van der Waals surface area contributed by atoms with Crippen molar-refractivity contribution in [1.82, 2.24) is 0 Å². The Kier molecular flexibility index (Phi) is 3.69. The van der Waals surface area contributed by atoms with E-state index in [0.717, 1.165) is 19.3 Å². The first kappa shape index (κ1) is 13.7. The van der Waals surface area contributed by atoms with Crippen molar-refractivity contribution >= 4 is 5.97 Å². The van der Waals surface area contributed by atoms with E-state index in [1.54, 1.807) is 6.07 Å². The molecule has 0 spiro atoms. The molecule has 0 bridgehead atoms. The summed E-state index contributed by atoms with van der Waals surface area (Å²) in [6.07, 6.45) is 2.87. The van der Waals surface area contributed by atoms with E-state index >= 15 is 0 Å². The van der Waals surface area contributed by atoms with Gasteiger partial charge in [-0.1, -0.05) is 13.8 Å². The summed E-state index contributed by atoms with van der Waals surface area (Å²) in [5.74, 6) is -0.0664. The zero-order valence-electron chi connectivity index (χ0n) is 11.6. The molecule has 1 unspecified atom stereocenters. The van der Waals surface area contributed by atoms with Crippen LogP contribution < -0.4 is 4.74 Å². The van der Waals surface area contributed by atoms with E-state index < -0.39 is 0 Å². The topological polar surface area (TPSA) is 55.8 Å². The Morgan fingerprint density at radius 2 is 2.16 bits per heavy atom. The maximum Gasteiger partial charge on any atom is 0.338 e. The van der Waals surface area contributed by atoms with Gasteiger partial charge < -0.3 is 14.6 Å². The number of benzene rings is 1. The lowest BCUT2D eigenvalue weighted by Gasteiger charge is -2.17. The number of carbonyl (C=O) groups excluding carboxylic acids is 1. The first-order chi connectivity index (χ1) is 8.91. The number of methoxy groups -OCH3 is 1. The smallest absolute Gasteiger partial charge is 0.338 e. The van der Waals surface area contributed by atoms with Crippen molar-refractivity contribution in [3.8, 4) is 11.5 Å². The van der Waals surface area contributed by atoms with Gasteiger partial charge in [-0.05, 0) is 42.9 Å². The van der Waals surface area contributed by atoms with Crippen LogP contribution in [0.4, 0.5) is 0 Å². The summed E-state index contributed by atoms with van der Waals surface area (Å²) in [5, 5.41) is 9.49. The van der Waals surface area contributed by atoms with Crippen LogP contribution in [-0.2, 0) is 4.74 Å². The number of phenols is 1. The van der Waals surface area contributed by atoms with E-state index in [1.807, 2.05) is 0 Å². The van der Waals surface area contributed by atoms with Crippen molar-refractivity contribution in [1.29, 1.82) is 0 Å². The van der Waals surface area contributed by atoms with Gasteiger partial charge in [0.1, 0.15) is 6.10 Å². The minimum Gasteiger partial charge on any atom is -0.504 e. The van der Waals surface area contributed by atoms with E-state index in [2.05, 4.69) is 13.8 Å². The fourth-order valence-electron chi connectivity index (χ4n) is 2.50. The van der Waals surface area contributed by atoms with E-state index in [9.17, 15) is 9.90 Å². The lowest BCUT2D eigenvalue weighted by atomic mass is 9.92. The van der Waals surface area contributed by atoms with Crippen molar-refractivity contribution in [2.75, 3.05) is 7.11 Å². The van der Waals surface area contributed by atoms with Crippen LogP contribution >= 0.6 is 0 Å². The predicted octanol–water partition coefficient (Wildman–Crippen LogP) is 3.14. The molecular weight excluding hydrogens is 244 g/mol. The summed E-state index contributed by atoms with van der Waals surface area (Å²) in [7, 11) is 1.45. The predicted molar refractivity (Wildman–Crippen MR) is 71.5 cm³/mol. The molecule has 1 fully saturated rings. The molecule has 1 saturated carbocycles. The maximum absolute atomic E-state index is 12.0. The van der Waals surface area contributed by atoms with Crippen LogP contribution in [0.25, 0.3) is 0 Å². The third-order valence-electron chi connectivity index (χ3n) is 3.61. The first-order valence-corrected chi connectivity index (χ1v) is 6.49. The van der Waals surface area contributed by atoms with Crippen LogP contribution in [-0.4, -0.2) is 24.3 Å². The van der Waals surface area contributed by atoms with E-state index in [1.165, 1.54) is 19.2 Å². The third-order valence-corrected chi connectivity index (χ3v) is 3.61. The van der Waals surface area contributed by atoms with Crippen LogP contribution in [0.15, 0.2) is 18.2 Å². The minimum absolute atomic E-state index is 0.0118. The van der Waals surface area contributed by atoms with Crippen molar-refractivity contribution < 1.29 is 19.4 Å². The minimum atomic E-state index is -0.360. The third kappa shape index (κ3) is 3.19. The number of phenolic OH excluding ortho intramolecular Hbond substituents is 1. The van der Waals surface area contributed by atoms with E-state index in [4.69, 9.17) is 9.47 Å². The molecule has 0 aliphatic heterocycles. The molecule has 1 aliphatic rings. The van der Waals surface area contributed by atoms with Gasteiger partial charge in [-0.2, -0.15) is 0 Å². The molecule has 0 radical (unpaired) electrons. The Morgan fingerprint density at radius 3 is 2.74 bits per heavy atom. The monoisotopic (exact) mass is 264 g/mol. The summed E-state index contributed by atoms with van der Waals surface area (Å²) in [4.78, 5) is 12.0. The molecule has 1 N–H and O–H groups in total. The second-order valence-electron chi connectivity index (χ2n) is 5.82. The van der Waals surface area contributed by atoms with Gasteiger partial charge in [-0.25, -0.2) is 4.79 Å². The van der Waals surface area contributed by atoms with Gasteiger partial charge in [-0.3, -0.25) is 0 Å². The summed E-state index contributed by atoms with van der Waals surface area (Å²) >= 11 is 0. The summed E-state index contributed by atoms with van der Waals surface area (Å²) < 4.78 is 10.5. The van der Waals surface area contributed by atoms with Gasteiger partial charge in [0.05, 0.1) is 12.7 Å². The number of rotatable bonds is 3. The normalized spacial score (nSPS) is 21.1. The number of esters is 1. The maximum atomic E-state index is 12.0. The molecule has 1 aromatic carbocycles. The van der Waals surface area contributed by atoms with Crippen molar-refractivity contribution in [3.05, 3.63) is 23.8 Å². The molecule has 4 nitrogen and oxygen atoms in total. The summed E-state index contributed by atoms with van der Waals surface area (Å²) in [6, 6.07) is 4.48. The van der Waals surface area contributed by atoms with Crippen molar-refractivity contribution in [3.63, 3.8) is 0 Å². The average molecular weight is 264 g/mol. The lowest BCUT2D eigenvalue weighted by molar-refractivity contribution is 0.0297. The fraction of sp³-hybridized carbons (Fsp3) is 0.533. The quantitative estimate of drug-likeness (QED) is 0.852. The number of carbonyl (C=O) groups is 1. The van der Waals surface area contributed by atoms with Gasteiger partial charge >= 0.3 is 5.97 Å². The number of hydrogen-bond donors (Lipinski definition) is 1. The van der Waals surface area contributed by atoms with Gasteiger partial charge in [-0.15, -0.1) is 0 Å². The molecule has 104 valence electrons. The summed E-state index contributed by atoms with van der Waals surface area (Å²) in [6.45, 7) is 4.37. The molecule has 1 atom stereocenters. The molecular formula is C15H20O4. The Morgan fingerprint density at radius 1 is 1.42 bits per heavy atom. The highest BCUT2D eigenvalue weighted by atomic mass is 16.5. The number of ether oxygens (including phenoxy) is 2. The van der Waals surface area contributed by atoms with Crippen LogP contribution in [0, 0.1) is 5.41 Å². The second-order valence-corrected chi connectivity index (χ2v) is 5.82.